The lowest BCUT2D eigenvalue weighted by Gasteiger charge is -2.28. The third-order valence-corrected chi connectivity index (χ3v) is 3.96. The first-order valence-corrected chi connectivity index (χ1v) is 7.43. The molecule has 2 heterocycles. The van der Waals surface area contributed by atoms with E-state index in [0.29, 0.717) is 0 Å². The minimum absolute atomic E-state index is 0.0517. The lowest BCUT2D eigenvalue weighted by molar-refractivity contribution is -0.119. The van der Waals surface area contributed by atoms with Crippen LogP contribution in [0.5, 0.6) is 0 Å². The van der Waals surface area contributed by atoms with E-state index >= 15 is 0 Å². The number of amides is 3. The van der Waals surface area contributed by atoms with E-state index in [2.05, 4.69) is 5.32 Å². The monoisotopic (exact) mass is 355 g/mol. The molecule has 0 unspecified atom stereocenters. The Morgan fingerprint density at radius 3 is 2.76 bits per heavy atom. The number of carbonyl (C=O) groups excluding carboxylic acids is 3. The zero-order valence-corrected chi connectivity index (χ0v) is 13.5. The second kappa shape index (κ2) is 6.19. The van der Waals surface area contributed by atoms with Crippen molar-refractivity contribution in [3.8, 4) is 0 Å². The number of fused-ring (bicyclic) bond motifs is 1. The van der Waals surface area contributed by atoms with Crippen LogP contribution in [0.2, 0.25) is 0 Å². The maximum Gasteiger partial charge on any atom is 0.414 e. The molecule has 1 N–H and O–H groups in total. The Hall–Kier alpha value is -2.91. The predicted octanol–water partition coefficient (Wildman–Crippen LogP) is 1.51. The minimum atomic E-state index is -0.868. The van der Waals surface area contributed by atoms with Crippen molar-refractivity contribution in [3.05, 3.63) is 23.3 Å². The van der Waals surface area contributed by atoms with Crippen LogP contribution in [0.3, 0.4) is 0 Å². The van der Waals surface area contributed by atoms with Crippen LogP contribution in [0.15, 0.2) is 6.07 Å². The quantitative estimate of drug-likeness (QED) is 0.888. The van der Waals surface area contributed by atoms with Gasteiger partial charge in [-0.2, -0.15) is 0 Å². The van der Waals surface area contributed by atoms with Gasteiger partial charge in [-0.1, -0.05) is 0 Å². The van der Waals surface area contributed by atoms with Crippen LogP contribution in [0.1, 0.15) is 12.5 Å². The summed E-state index contributed by atoms with van der Waals surface area (Å²) in [6.07, 6.45) is -2.33. The van der Waals surface area contributed by atoms with E-state index in [9.17, 15) is 23.2 Å². The van der Waals surface area contributed by atoms with Gasteiger partial charge in [0.25, 0.3) is 0 Å². The number of hydrogen-bond donors (Lipinski definition) is 1. The van der Waals surface area contributed by atoms with Gasteiger partial charge in [-0.15, -0.1) is 0 Å². The fourth-order valence-electron chi connectivity index (χ4n) is 2.75. The van der Waals surface area contributed by atoms with E-state index in [4.69, 9.17) is 9.47 Å². The van der Waals surface area contributed by atoms with Crippen molar-refractivity contribution in [2.75, 3.05) is 29.9 Å². The molecule has 0 radical (unpaired) electrons. The molecular formula is C15H15F2N3O5. The zero-order chi connectivity index (χ0) is 18.3. The van der Waals surface area contributed by atoms with Gasteiger partial charge < -0.3 is 14.8 Å². The van der Waals surface area contributed by atoms with Crippen LogP contribution in [0.25, 0.3) is 0 Å². The van der Waals surface area contributed by atoms with Gasteiger partial charge in [-0.3, -0.25) is 14.6 Å². The smallest absolute Gasteiger partial charge is 0.414 e. The molecule has 1 fully saturated rings. The zero-order valence-electron chi connectivity index (χ0n) is 13.5. The summed E-state index contributed by atoms with van der Waals surface area (Å²) in [5.74, 6) is -2.03. The average molecular weight is 355 g/mol. The molecule has 2 aliphatic rings. The highest BCUT2D eigenvalue weighted by molar-refractivity contribution is 5.93. The fourth-order valence-corrected chi connectivity index (χ4v) is 2.75. The fraction of sp³-hybridized carbons (Fsp3) is 0.400. The summed E-state index contributed by atoms with van der Waals surface area (Å²) in [5, 5.41) is 2.49. The highest BCUT2D eigenvalue weighted by Crippen LogP contribution is 2.37. The first-order valence-electron chi connectivity index (χ1n) is 7.43. The van der Waals surface area contributed by atoms with Crippen LogP contribution in [-0.4, -0.2) is 44.3 Å². The molecule has 0 bridgehead atoms. The topological polar surface area (TPSA) is 88.2 Å². The first kappa shape index (κ1) is 16.9. The summed E-state index contributed by atoms with van der Waals surface area (Å²) in [5.41, 5.74) is -0.687. The van der Waals surface area contributed by atoms with E-state index in [1.54, 1.807) is 0 Å². The molecular weight excluding hydrogens is 340 g/mol. The van der Waals surface area contributed by atoms with Crippen molar-refractivity contribution in [3.63, 3.8) is 0 Å². The van der Waals surface area contributed by atoms with Gasteiger partial charge in [-0.25, -0.2) is 18.4 Å². The van der Waals surface area contributed by atoms with Crippen LogP contribution in [0.4, 0.5) is 29.7 Å². The number of halogens is 2. The Morgan fingerprint density at radius 1 is 1.36 bits per heavy atom. The number of cyclic esters (lactones) is 2. The molecule has 1 atom stereocenters. The van der Waals surface area contributed by atoms with E-state index in [-0.39, 0.29) is 35.9 Å². The highest BCUT2D eigenvalue weighted by Gasteiger charge is 2.37. The Morgan fingerprint density at radius 2 is 2.08 bits per heavy atom. The molecule has 3 rings (SSSR count). The van der Waals surface area contributed by atoms with Crippen molar-refractivity contribution >= 4 is 29.5 Å². The third-order valence-electron chi connectivity index (χ3n) is 3.96. The Kier molecular flexibility index (Phi) is 4.19. The van der Waals surface area contributed by atoms with E-state index in [1.165, 1.54) is 14.0 Å². The van der Waals surface area contributed by atoms with Gasteiger partial charge in [0.2, 0.25) is 5.91 Å². The maximum absolute atomic E-state index is 14.8. The van der Waals surface area contributed by atoms with Crippen LogP contribution in [-0.2, 0) is 20.9 Å². The molecule has 10 heteroatoms. The normalized spacial score (nSPS) is 19.4. The molecule has 0 aromatic heterocycles. The van der Waals surface area contributed by atoms with Crippen molar-refractivity contribution in [1.29, 1.82) is 0 Å². The SMILES string of the molecule is CC(=O)NC[C@H]1CN(c2cc(F)c3c(c2F)COC(=O)N3C)C(=O)O1. The van der Waals surface area contributed by atoms with Gasteiger partial charge in [0.05, 0.1) is 30.0 Å². The predicted molar refractivity (Wildman–Crippen MR) is 81.2 cm³/mol. The number of anilines is 2. The number of ether oxygens (including phenoxy) is 2. The van der Waals surface area contributed by atoms with Crippen molar-refractivity contribution in [1.82, 2.24) is 5.32 Å². The number of nitrogens with one attached hydrogen (secondary N) is 1. The van der Waals surface area contributed by atoms with Gasteiger partial charge in [0.15, 0.2) is 5.82 Å². The Bertz CT molecular complexity index is 770. The highest BCUT2D eigenvalue weighted by atomic mass is 19.1. The lowest BCUT2D eigenvalue weighted by atomic mass is 10.1. The summed E-state index contributed by atoms with van der Waals surface area (Å²) in [6.45, 7) is 0.884. The molecule has 8 nitrogen and oxygen atoms in total. The van der Waals surface area contributed by atoms with E-state index in [1.807, 2.05) is 0 Å². The average Bonchev–Trinajstić information content (AvgIpc) is 2.92. The van der Waals surface area contributed by atoms with Crippen LogP contribution < -0.4 is 15.1 Å². The number of nitrogens with zero attached hydrogens (tertiary/aromatic N) is 2. The molecule has 3 amide bonds. The van der Waals surface area contributed by atoms with Crippen LogP contribution in [0, 0.1) is 11.6 Å². The van der Waals surface area contributed by atoms with Gasteiger partial charge in [-0.05, 0) is 0 Å². The standard InChI is InChI=1S/C15H15F2N3O5/c1-7(21)18-4-8-5-20(15(23)25-8)11-3-10(16)13-9(12(11)17)6-24-14(22)19(13)2/h3,8H,4-6H2,1-2H3,(H,18,21)/t8-/m0/s1. The summed E-state index contributed by atoms with van der Waals surface area (Å²) in [6, 6.07) is 0.839. The molecule has 0 aliphatic carbocycles. The summed E-state index contributed by atoms with van der Waals surface area (Å²) < 4.78 is 39.0. The third kappa shape index (κ3) is 2.94. The Balaban J connectivity index is 1.91. The van der Waals surface area contributed by atoms with Gasteiger partial charge in [0.1, 0.15) is 18.5 Å². The van der Waals surface area contributed by atoms with Crippen LogP contribution >= 0.6 is 0 Å². The molecule has 1 aromatic carbocycles. The second-order valence-corrected chi connectivity index (χ2v) is 5.69. The molecule has 1 saturated heterocycles. The first-order chi connectivity index (χ1) is 11.8. The molecule has 25 heavy (non-hydrogen) atoms. The molecule has 1 aromatic rings. The second-order valence-electron chi connectivity index (χ2n) is 5.69. The number of hydrogen-bond acceptors (Lipinski definition) is 5. The van der Waals surface area contributed by atoms with E-state index in [0.717, 1.165) is 15.9 Å². The molecule has 0 saturated carbocycles. The summed E-state index contributed by atoms with van der Waals surface area (Å²) in [4.78, 5) is 36.2. The van der Waals surface area contributed by atoms with Crippen molar-refractivity contribution in [2.24, 2.45) is 0 Å². The molecule has 2 aliphatic heterocycles. The summed E-state index contributed by atoms with van der Waals surface area (Å²) in [7, 11) is 1.26. The molecule has 0 spiro atoms. The van der Waals surface area contributed by atoms with Gasteiger partial charge >= 0.3 is 12.2 Å². The van der Waals surface area contributed by atoms with Crippen molar-refractivity contribution in [2.45, 2.75) is 19.6 Å². The van der Waals surface area contributed by atoms with E-state index < -0.39 is 36.5 Å². The van der Waals surface area contributed by atoms with Gasteiger partial charge in [0, 0.05) is 20.0 Å². The Labute approximate surface area is 141 Å². The minimum Gasteiger partial charge on any atom is -0.444 e. The van der Waals surface area contributed by atoms with Crippen molar-refractivity contribution < 1.29 is 32.6 Å². The molecule has 134 valence electrons. The maximum atomic E-state index is 14.8. The summed E-state index contributed by atoms with van der Waals surface area (Å²) >= 11 is 0. The number of carbonyl (C=O) groups is 3. The number of benzene rings is 1. The largest absolute Gasteiger partial charge is 0.444 e. The number of rotatable bonds is 3. The lowest BCUT2D eigenvalue weighted by Crippen LogP contribution is -2.35.